The molecule has 1 aromatic heterocycles. The molecule has 1 aromatic carbocycles. The number of halogens is 3. The van der Waals surface area contributed by atoms with E-state index in [4.69, 9.17) is 17.5 Å². The number of benzene rings is 1. The number of aromatic hydroxyl groups is 1. The molecule has 0 atom stereocenters. The molecule has 10 heteroatoms. The minimum absolute atomic E-state index is 0.0302. The molecule has 2 aromatic rings. The number of aryl methyl sites for hydroxylation is 1. The van der Waals surface area contributed by atoms with Gasteiger partial charge in [0.2, 0.25) is 0 Å². The topological polar surface area (TPSA) is 80.5 Å². The van der Waals surface area contributed by atoms with E-state index in [1.807, 2.05) is 6.92 Å². The van der Waals surface area contributed by atoms with Gasteiger partial charge in [-0.05, 0) is 62.3 Å². The number of phenols is 1. The zero-order valence-electron chi connectivity index (χ0n) is 16.3. The van der Waals surface area contributed by atoms with E-state index in [0.717, 1.165) is 11.1 Å². The molecule has 0 bridgehead atoms. The second kappa shape index (κ2) is 7.25. The molecule has 1 amide bonds. The number of hydrogen-bond acceptors (Lipinski definition) is 5. The van der Waals surface area contributed by atoms with E-state index >= 15 is 0 Å². The highest BCUT2D eigenvalue weighted by atomic mass is 32.1. The Hall–Kier alpha value is -3.19. The summed E-state index contributed by atoms with van der Waals surface area (Å²) >= 11 is 5.46. The molecule has 30 heavy (non-hydrogen) atoms. The molecule has 6 nitrogen and oxygen atoms in total. The molecule has 1 aliphatic rings. The fourth-order valence-corrected chi connectivity index (χ4v) is 3.85. The van der Waals surface area contributed by atoms with E-state index < -0.39 is 28.9 Å². The lowest BCUT2D eigenvalue weighted by atomic mass is 10.0. The monoisotopic (exact) mass is 434 g/mol. The lowest BCUT2D eigenvalue weighted by molar-refractivity contribution is -0.138. The van der Waals surface area contributed by atoms with E-state index in [0.29, 0.717) is 23.7 Å². The summed E-state index contributed by atoms with van der Waals surface area (Å²) in [6.45, 7) is 5.05. The van der Waals surface area contributed by atoms with Crippen LogP contribution in [0.1, 0.15) is 37.6 Å². The zero-order chi connectivity index (χ0) is 22.4. The lowest BCUT2D eigenvalue weighted by Crippen LogP contribution is -2.44. The Kier molecular flexibility index (Phi) is 5.20. The first-order chi connectivity index (χ1) is 13.9. The summed E-state index contributed by atoms with van der Waals surface area (Å²) < 4.78 is 40.1. The van der Waals surface area contributed by atoms with Crippen LogP contribution >= 0.6 is 12.2 Å². The Labute approximate surface area is 176 Å². The van der Waals surface area contributed by atoms with Crippen LogP contribution in [-0.2, 0) is 17.4 Å². The van der Waals surface area contributed by atoms with Crippen LogP contribution in [0.15, 0.2) is 30.5 Å². The summed E-state index contributed by atoms with van der Waals surface area (Å²) in [5, 5.41) is 18.9. The quantitative estimate of drug-likeness (QED) is 0.731. The van der Waals surface area contributed by atoms with Crippen LogP contribution in [0.25, 0.3) is 0 Å². The van der Waals surface area contributed by atoms with Crippen molar-refractivity contribution >= 4 is 34.6 Å². The van der Waals surface area contributed by atoms with Crippen LogP contribution in [0.4, 0.5) is 24.5 Å². The number of amides is 1. The third-order valence-electron chi connectivity index (χ3n) is 4.91. The molecule has 3 rings (SSSR count). The number of alkyl halides is 3. The normalized spacial score (nSPS) is 16.2. The van der Waals surface area contributed by atoms with Gasteiger partial charge in [0.25, 0.3) is 5.91 Å². The lowest BCUT2D eigenvalue weighted by Gasteiger charge is -2.30. The minimum atomic E-state index is -4.82. The number of thiocarbonyl (C=S) groups is 1. The van der Waals surface area contributed by atoms with Crippen LogP contribution < -0.4 is 9.80 Å². The van der Waals surface area contributed by atoms with Crippen molar-refractivity contribution < 1.29 is 23.1 Å². The number of hydrogen-bond donors (Lipinski definition) is 1. The summed E-state index contributed by atoms with van der Waals surface area (Å²) in [5.74, 6) is -0.447. The molecule has 1 saturated heterocycles. The van der Waals surface area contributed by atoms with Crippen LogP contribution in [0.5, 0.6) is 5.75 Å². The van der Waals surface area contributed by atoms with Gasteiger partial charge in [-0.2, -0.15) is 18.4 Å². The van der Waals surface area contributed by atoms with Crippen molar-refractivity contribution in [3.8, 4) is 11.8 Å². The van der Waals surface area contributed by atoms with E-state index in [9.17, 15) is 23.1 Å². The summed E-state index contributed by atoms with van der Waals surface area (Å²) in [6, 6.07) is 6.84. The average Bonchev–Trinajstić information content (AvgIpc) is 2.85. The van der Waals surface area contributed by atoms with Crippen molar-refractivity contribution in [1.82, 2.24) is 4.98 Å². The Balaban J connectivity index is 2.12. The highest BCUT2D eigenvalue weighted by Gasteiger charge is 2.51. The first-order valence-corrected chi connectivity index (χ1v) is 9.32. The van der Waals surface area contributed by atoms with Gasteiger partial charge in [0.1, 0.15) is 17.4 Å². The summed E-state index contributed by atoms with van der Waals surface area (Å²) in [4.78, 5) is 19.2. The molecule has 2 heterocycles. The van der Waals surface area contributed by atoms with Crippen LogP contribution in [0.3, 0.4) is 0 Å². The number of aromatic nitrogens is 1. The SMILES string of the molecule is CCc1cc(N2C(=S)N(c3cnc(C#N)c(C(F)(F)F)c3)C(=O)C2(C)C)ccc1O. The smallest absolute Gasteiger partial charge is 0.419 e. The maximum absolute atomic E-state index is 13.4. The van der Waals surface area contributed by atoms with Crippen LogP contribution in [0, 0.1) is 11.3 Å². The molecule has 0 spiro atoms. The second-order valence-corrected chi connectivity index (χ2v) is 7.55. The highest BCUT2D eigenvalue weighted by Crippen LogP contribution is 2.39. The Morgan fingerprint density at radius 2 is 1.93 bits per heavy atom. The summed E-state index contributed by atoms with van der Waals surface area (Å²) in [5.41, 5.74) is -2.25. The number of carbonyl (C=O) groups excluding carboxylic acids is 1. The summed E-state index contributed by atoms with van der Waals surface area (Å²) in [7, 11) is 0. The van der Waals surface area contributed by atoms with Gasteiger partial charge in [-0.15, -0.1) is 0 Å². The maximum Gasteiger partial charge on any atom is 0.419 e. The average molecular weight is 434 g/mol. The predicted octanol–water partition coefficient (Wildman–Crippen LogP) is 4.16. The molecular weight excluding hydrogens is 417 g/mol. The predicted molar refractivity (Wildman–Crippen MR) is 108 cm³/mol. The van der Waals surface area contributed by atoms with Crippen molar-refractivity contribution in [2.45, 2.75) is 38.9 Å². The van der Waals surface area contributed by atoms with E-state index in [2.05, 4.69) is 4.98 Å². The number of nitrogens with zero attached hydrogens (tertiary/aromatic N) is 4. The van der Waals surface area contributed by atoms with E-state index in [1.54, 1.807) is 26.0 Å². The van der Waals surface area contributed by atoms with Crippen molar-refractivity contribution in [2.24, 2.45) is 0 Å². The molecule has 1 fully saturated rings. The molecule has 156 valence electrons. The van der Waals surface area contributed by atoms with Gasteiger partial charge in [-0.3, -0.25) is 9.69 Å². The van der Waals surface area contributed by atoms with Crippen molar-refractivity contribution in [3.63, 3.8) is 0 Å². The maximum atomic E-state index is 13.4. The van der Waals surface area contributed by atoms with Crippen LogP contribution in [0.2, 0.25) is 0 Å². The first-order valence-electron chi connectivity index (χ1n) is 8.91. The molecule has 0 saturated carbocycles. The van der Waals surface area contributed by atoms with Crippen molar-refractivity contribution in [2.75, 3.05) is 9.80 Å². The van der Waals surface area contributed by atoms with E-state index in [1.165, 1.54) is 17.0 Å². The number of phenolic OH excluding ortho intramolecular Hbond substituents is 1. The number of pyridine rings is 1. The third kappa shape index (κ3) is 3.35. The largest absolute Gasteiger partial charge is 0.508 e. The van der Waals surface area contributed by atoms with Gasteiger partial charge >= 0.3 is 6.18 Å². The van der Waals surface area contributed by atoms with Crippen molar-refractivity contribution in [3.05, 3.63) is 47.3 Å². The number of carbonyl (C=O) groups is 1. The fraction of sp³-hybridized carbons (Fsp3) is 0.300. The fourth-order valence-electron chi connectivity index (χ4n) is 3.33. The Morgan fingerprint density at radius 3 is 2.50 bits per heavy atom. The standard InChI is InChI=1S/C20H17F3N4O2S/c1-4-11-7-12(5-6-16(11)28)27-18(30)26(17(29)19(27,2)3)13-8-14(20(21,22)23)15(9-24)25-10-13/h5-8,10,28H,4H2,1-3H3. The molecule has 0 unspecified atom stereocenters. The minimum Gasteiger partial charge on any atom is -0.508 e. The molecule has 1 aliphatic heterocycles. The first kappa shape index (κ1) is 21.5. The molecule has 1 N–H and O–H groups in total. The number of nitriles is 1. The van der Waals surface area contributed by atoms with Gasteiger partial charge < -0.3 is 10.0 Å². The molecule has 0 radical (unpaired) electrons. The van der Waals surface area contributed by atoms with E-state index in [-0.39, 0.29) is 16.5 Å². The van der Waals surface area contributed by atoms with Gasteiger partial charge in [0, 0.05) is 5.69 Å². The zero-order valence-corrected chi connectivity index (χ0v) is 17.1. The van der Waals surface area contributed by atoms with Gasteiger partial charge in [0.05, 0.1) is 17.4 Å². The molecule has 0 aliphatic carbocycles. The van der Waals surface area contributed by atoms with Gasteiger partial charge in [-0.1, -0.05) is 6.92 Å². The van der Waals surface area contributed by atoms with Crippen molar-refractivity contribution in [1.29, 1.82) is 5.26 Å². The number of rotatable bonds is 3. The number of anilines is 2. The Morgan fingerprint density at radius 1 is 1.27 bits per heavy atom. The Bertz CT molecular complexity index is 1090. The third-order valence-corrected chi connectivity index (χ3v) is 5.28. The van der Waals surface area contributed by atoms with Crippen LogP contribution in [-0.4, -0.2) is 26.6 Å². The van der Waals surface area contributed by atoms with Gasteiger partial charge in [-0.25, -0.2) is 4.98 Å². The van der Waals surface area contributed by atoms with Gasteiger partial charge in [0.15, 0.2) is 10.8 Å². The molecular formula is C20H17F3N4O2S. The second-order valence-electron chi connectivity index (χ2n) is 7.18. The highest BCUT2D eigenvalue weighted by molar-refractivity contribution is 7.81. The summed E-state index contributed by atoms with van der Waals surface area (Å²) in [6.07, 6.45) is -3.26.